The molecule has 1 aliphatic heterocycles. The standard InChI is InChI=1S/C32H56O20Si4/c1-53(13-5-9-21(29(41)42)17-25(33)34)49-54(2,14-6-10-22(30(43)44)18-26(35)36)51-56(4,16-8-12-24(32(47)48)20-28(39)40)52-55(3,50-53)15-7-11-23(31(45)46)19-27(37)38/h21-24H,5-20H2,1-4H3,(H,33,34)(H,35,36)(H,37,38)(H,39,40)(H,41,42)(H,43,44)(H,45,46)(H,47,48). The fraction of sp³-hybridized carbons (Fsp3) is 0.750. The summed E-state index contributed by atoms with van der Waals surface area (Å²) < 4.78 is 27.6. The summed E-state index contributed by atoms with van der Waals surface area (Å²) in [5, 5.41) is 75.4. The topological polar surface area (TPSA) is 335 Å². The van der Waals surface area contributed by atoms with Gasteiger partial charge in [-0.15, -0.1) is 0 Å². The highest BCUT2D eigenvalue weighted by Crippen LogP contribution is 2.40. The second-order valence-electron chi connectivity index (χ2n) is 15.0. The average Bonchev–Trinajstić information content (AvgIpc) is 3.00. The Morgan fingerprint density at radius 3 is 0.643 bits per heavy atom. The first-order valence-electron chi connectivity index (χ1n) is 18.3. The van der Waals surface area contributed by atoms with Gasteiger partial charge in [0, 0.05) is 0 Å². The van der Waals surface area contributed by atoms with E-state index in [9.17, 15) is 79.2 Å². The molecule has 1 fully saturated rings. The van der Waals surface area contributed by atoms with Crippen LogP contribution in [0.3, 0.4) is 0 Å². The van der Waals surface area contributed by atoms with Crippen molar-refractivity contribution in [2.45, 2.75) is 127 Å². The molecule has 1 saturated heterocycles. The van der Waals surface area contributed by atoms with Gasteiger partial charge in [0.25, 0.3) is 0 Å². The molecule has 0 bridgehead atoms. The summed E-state index contributed by atoms with van der Waals surface area (Å²) in [6.45, 7) is 6.80. The predicted molar refractivity (Wildman–Crippen MR) is 200 cm³/mol. The molecule has 4 unspecified atom stereocenters. The summed E-state index contributed by atoms with van der Waals surface area (Å²) in [6.07, 6.45) is -2.09. The van der Waals surface area contributed by atoms with Crippen molar-refractivity contribution in [1.29, 1.82) is 0 Å². The number of carboxylic acids is 8. The Bertz CT molecular complexity index is 1210. The molecule has 24 heteroatoms. The number of hydrogen-bond donors (Lipinski definition) is 8. The molecular formula is C32H56O20Si4. The number of carbonyl (C=O) groups is 8. The summed E-state index contributed by atoms with van der Waals surface area (Å²) in [5.74, 6) is -15.3. The van der Waals surface area contributed by atoms with Crippen LogP contribution in [-0.4, -0.2) is 123 Å². The maximum absolute atomic E-state index is 11.8. The van der Waals surface area contributed by atoms with Gasteiger partial charge in [0.05, 0.1) is 49.4 Å². The van der Waals surface area contributed by atoms with Crippen LogP contribution in [0.15, 0.2) is 0 Å². The van der Waals surface area contributed by atoms with E-state index in [0.29, 0.717) is 0 Å². The van der Waals surface area contributed by atoms with Crippen LogP contribution in [0.4, 0.5) is 0 Å². The first-order chi connectivity index (χ1) is 25.7. The van der Waals surface area contributed by atoms with Gasteiger partial charge in [-0.1, -0.05) is 25.7 Å². The number of aliphatic carboxylic acids is 8. The lowest BCUT2D eigenvalue weighted by atomic mass is 10.0. The van der Waals surface area contributed by atoms with Crippen molar-refractivity contribution in [1.82, 2.24) is 0 Å². The van der Waals surface area contributed by atoms with Gasteiger partial charge in [0.15, 0.2) is 0 Å². The van der Waals surface area contributed by atoms with E-state index >= 15 is 0 Å². The third kappa shape index (κ3) is 19.1. The molecule has 0 aromatic heterocycles. The molecule has 8 N–H and O–H groups in total. The molecule has 1 rings (SSSR count). The molecule has 320 valence electrons. The molecule has 56 heavy (non-hydrogen) atoms. The molecule has 0 aromatic rings. The Labute approximate surface area is 328 Å². The Hall–Kier alpha value is -3.53. The SMILES string of the molecule is C[Si]1(CCCC(CC(=O)O)C(=O)O)O[Si](C)(CCCC(CC(=O)O)C(=O)O)O[Si](C)(CCCC(CC(=O)O)C(=O)O)O[Si](C)(CCCC(CC(=O)O)C(=O)O)O1. The van der Waals surface area contributed by atoms with Gasteiger partial charge in [-0.3, -0.25) is 38.4 Å². The Morgan fingerprint density at radius 2 is 0.518 bits per heavy atom. The fourth-order valence-corrected chi connectivity index (χ4v) is 30.5. The summed E-state index contributed by atoms with van der Waals surface area (Å²) in [7, 11) is -14.1. The Morgan fingerprint density at radius 1 is 0.357 bits per heavy atom. The Balaban J connectivity index is 3.64. The van der Waals surface area contributed by atoms with Crippen molar-refractivity contribution in [3.63, 3.8) is 0 Å². The molecule has 0 radical (unpaired) electrons. The largest absolute Gasteiger partial charge is 0.481 e. The smallest absolute Gasteiger partial charge is 0.317 e. The van der Waals surface area contributed by atoms with E-state index in [1.807, 2.05) is 0 Å². The maximum Gasteiger partial charge on any atom is 0.317 e. The molecule has 0 saturated carbocycles. The summed E-state index contributed by atoms with van der Waals surface area (Å²) in [6, 6.07) is 0.538. The third-order valence-electron chi connectivity index (χ3n) is 9.54. The maximum atomic E-state index is 11.8. The van der Waals surface area contributed by atoms with Crippen molar-refractivity contribution in [3.05, 3.63) is 0 Å². The monoisotopic (exact) mass is 872 g/mol. The molecular weight excluding hydrogens is 817 g/mol. The van der Waals surface area contributed by atoms with E-state index in [0.717, 1.165) is 0 Å². The van der Waals surface area contributed by atoms with Gasteiger partial charge in [-0.2, -0.15) is 0 Å². The molecule has 0 spiro atoms. The predicted octanol–water partition coefficient (Wildman–Crippen LogP) is 4.18. The lowest BCUT2D eigenvalue weighted by Crippen LogP contribution is -2.67. The fourth-order valence-electron chi connectivity index (χ4n) is 7.09. The van der Waals surface area contributed by atoms with Gasteiger partial charge in [0.2, 0.25) is 0 Å². The first-order valence-corrected chi connectivity index (χ1v) is 28.4. The van der Waals surface area contributed by atoms with E-state index < -0.39 is 131 Å². The van der Waals surface area contributed by atoms with Crippen molar-refractivity contribution >= 4 is 82.0 Å². The lowest BCUT2D eigenvalue weighted by molar-refractivity contribution is -0.148. The molecule has 0 aliphatic carbocycles. The molecule has 0 amide bonds. The van der Waals surface area contributed by atoms with E-state index in [2.05, 4.69) is 0 Å². The van der Waals surface area contributed by atoms with Gasteiger partial charge in [0.1, 0.15) is 0 Å². The minimum absolute atomic E-state index is 0.0479. The highest BCUT2D eigenvalue weighted by atomic mass is 28.5. The molecule has 1 aliphatic rings. The molecule has 1 heterocycles. The van der Waals surface area contributed by atoms with Crippen LogP contribution in [0.2, 0.25) is 50.4 Å². The number of hydrogen-bond acceptors (Lipinski definition) is 12. The molecule has 4 atom stereocenters. The van der Waals surface area contributed by atoms with E-state index in [-0.39, 0.29) is 75.5 Å². The summed E-state index contributed by atoms with van der Waals surface area (Å²) in [4.78, 5) is 92.6. The highest BCUT2D eigenvalue weighted by Gasteiger charge is 2.56. The average molecular weight is 873 g/mol. The number of rotatable bonds is 28. The van der Waals surface area contributed by atoms with Crippen molar-refractivity contribution in [2.75, 3.05) is 0 Å². The van der Waals surface area contributed by atoms with Crippen LogP contribution in [0.5, 0.6) is 0 Å². The number of carboxylic acid groups (broad SMARTS) is 8. The van der Waals surface area contributed by atoms with Crippen LogP contribution >= 0.6 is 0 Å². The minimum Gasteiger partial charge on any atom is -0.481 e. The van der Waals surface area contributed by atoms with Crippen LogP contribution < -0.4 is 0 Å². The van der Waals surface area contributed by atoms with E-state index in [1.165, 1.54) is 0 Å². The van der Waals surface area contributed by atoms with Crippen LogP contribution in [0.1, 0.15) is 77.0 Å². The zero-order valence-electron chi connectivity index (χ0n) is 32.1. The van der Waals surface area contributed by atoms with Crippen LogP contribution in [0.25, 0.3) is 0 Å². The highest BCUT2D eigenvalue weighted by molar-refractivity contribution is 6.93. The van der Waals surface area contributed by atoms with Gasteiger partial charge >= 0.3 is 82.0 Å². The second kappa shape index (κ2) is 22.4. The summed E-state index contributed by atoms with van der Waals surface area (Å²) in [5.41, 5.74) is 0. The zero-order chi connectivity index (χ0) is 43.1. The van der Waals surface area contributed by atoms with E-state index in [4.69, 9.17) is 16.5 Å². The Kier molecular flexibility index (Phi) is 20.2. The van der Waals surface area contributed by atoms with Crippen LogP contribution in [-0.2, 0) is 54.8 Å². The lowest BCUT2D eigenvalue weighted by Gasteiger charge is -2.50. The molecule has 20 nitrogen and oxygen atoms in total. The first kappa shape index (κ1) is 50.5. The third-order valence-corrected chi connectivity index (χ3v) is 28.4. The van der Waals surface area contributed by atoms with Crippen molar-refractivity contribution < 1.29 is 95.7 Å². The van der Waals surface area contributed by atoms with Crippen molar-refractivity contribution in [3.8, 4) is 0 Å². The van der Waals surface area contributed by atoms with Crippen molar-refractivity contribution in [2.24, 2.45) is 23.7 Å². The quantitative estimate of drug-likeness (QED) is 0.0511. The van der Waals surface area contributed by atoms with E-state index in [1.54, 1.807) is 26.2 Å². The second-order valence-corrected chi connectivity index (χ2v) is 29.4. The van der Waals surface area contributed by atoms with Gasteiger partial charge in [-0.25, -0.2) is 0 Å². The van der Waals surface area contributed by atoms with Gasteiger partial charge in [-0.05, 0) is 76.0 Å². The van der Waals surface area contributed by atoms with Crippen LogP contribution in [0, 0.1) is 23.7 Å². The summed E-state index contributed by atoms with van der Waals surface area (Å²) >= 11 is 0. The normalized spacial score (nSPS) is 26.1. The zero-order valence-corrected chi connectivity index (χ0v) is 36.1. The molecule has 0 aromatic carbocycles. The minimum atomic E-state index is -3.54. The van der Waals surface area contributed by atoms with Gasteiger partial charge < -0.3 is 57.3 Å².